The molecule has 0 spiro atoms. The van der Waals surface area contributed by atoms with E-state index in [1.54, 1.807) is 0 Å². The Labute approximate surface area is 121 Å². The summed E-state index contributed by atoms with van der Waals surface area (Å²) in [5, 5.41) is 8.43. The minimum absolute atomic E-state index is 0. The van der Waals surface area contributed by atoms with Crippen molar-refractivity contribution < 1.29 is 66.3 Å². The molecule has 0 atom stereocenters. The summed E-state index contributed by atoms with van der Waals surface area (Å²) in [6, 6.07) is 0. The Morgan fingerprint density at radius 1 is 1.67 bits per heavy atom. The third-order valence-corrected chi connectivity index (χ3v) is 0.0393. The second-order valence-corrected chi connectivity index (χ2v) is 0.192. The van der Waals surface area contributed by atoms with Crippen LogP contribution in [0.2, 0.25) is 0 Å². The van der Waals surface area contributed by atoms with Gasteiger partial charge in [0.25, 0.3) is 6.47 Å². The van der Waals surface area contributed by atoms with E-state index in [9.17, 15) is 0 Å². The molecule has 3 nitrogen and oxygen atoms in total. The average Bonchev–Trinajstić information content (AvgIpc) is 1.37. The third-order valence-electron chi connectivity index (χ3n) is 0.0393. The van der Waals surface area contributed by atoms with Crippen molar-refractivity contribution in [2.45, 2.75) is 0 Å². The van der Waals surface area contributed by atoms with Gasteiger partial charge in [-0.3, -0.25) is 4.79 Å². The molecule has 0 aliphatic carbocycles. The molecule has 0 unspecified atom stereocenters. The molecule has 0 amide bonds. The zero-order chi connectivity index (χ0) is 3.41. The summed E-state index contributed by atoms with van der Waals surface area (Å²) >= 11 is 0. The molecule has 0 aromatic rings. The van der Waals surface area contributed by atoms with Gasteiger partial charge < -0.3 is 10.1 Å². The molecule has 0 radical (unpaired) electrons. The van der Waals surface area contributed by atoms with Crippen LogP contribution in [0.1, 0.15) is 0 Å². The van der Waals surface area contributed by atoms with Crippen molar-refractivity contribution in [3.8, 4) is 0 Å². The molecule has 0 fully saturated rings. The van der Waals surface area contributed by atoms with Crippen LogP contribution in [0.15, 0.2) is 0 Å². The number of rotatable bonds is 1. The fourth-order valence-corrected chi connectivity index (χ4v) is 0. The van der Waals surface area contributed by atoms with E-state index in [2.05, 4.69) is 4.89 Å². The van der Waals surface area contributed by atoms with Crippen LogP contribution < -0.4 is 56.6 Å². The minimum atomic E-state index is -0.181. The fraction of sp³-hybridized carbons (Fsp3) is 0. The van der Waals surface area contributed by atoms with Crippen molar-refractivity contribution in [1.82, 2.24) is 0 Å². The molecule has 5 heteroatoms. The van der Waals surface area contributed by atoms with Gasteiger partial charge >= 0.3 is 103 Å². The molecule has 0 saturated heterocycles. The molecule has 0 rings (SSSR count). The molecular formula is CH2K2O3. The summed E-state index contributed by atoms with van der Waals surface area (Å²) in [7, 11) is 0. The van der Waals surface area contributed by atoms with E-state index in [1.165, 1.54) is 0 Å². The summed E-state index contributed by atoms with van der Waals surface area (Å²) in [5.74, 6) is 0. The summed E-state index contributed by atoms with van der Waals surface area (Å²) in [4.78, 5) is 11.2. The SMILES string of the molecule is O=CO[O-].[K+].[KH]. The van der Waals surface area contributed by atoms with Crippen LogP contribution in [0, 0.1) is 0 Å². The molecule has 0 aliphatic heterocycles. The molecule has 26 valence electrons. The van der Waals surface area contributed by atoms with Crippen LogP contribution in [0.4, 0.5) is 0 Å². The predicted octanol–water partition coefficient (Wildman–Crippen LogP) is -5.21. The van der Waals surface area contributed by atoms with E-state index >= 15 is 0 Å². The van der Waals surface area contributed by atoms with E-state index in [0.717, 1.165) is 0 Å². The first-order valence-electron chi connectivity index (χ1n) is 0.638. The van der Waals surface area contributed by atoms with Gasteiger partial charge in [-0.05, 0) is 0 Å². The van der Waals surface area contributed by atoms with Crippen LogP contribution in [0.5, 0.6) is 0 Å². The average molecular weight is 140 g/mol. The normalized spacial score (nSPS) is 3.50. The van der Waals surface area contributed by atoms with Gasteiger partial charge in [0, 0.05) is 0 Å². The molecule has 0 bridgehead atoms. The summed E-state index contributed by atoms with van der Waals surface area (Å²) in [6.07, 6.45) is 0. The molecule has 0 aromatic carbocycles. The zero-order valence-corrected chi connectivity index (χ0v) is 5.93. The Bertz CT molecular complexity index is 22.8. The summed E-state index contributed by atoms with van der Waals surface area (Å²) < 4.78 is 0. The molecule has 0 heterocycles. The van der Waals surface area contributed by atoms with Crippen molar-refractivity contribution in [1.29, 1.82) is 0 Å². The summed E-state index contributed by atoms with van der Waals surface area (Å²) in [5.41, 5.74) is 0. The van der Waals surface area contributed by atoms with Gasteiger partial charge in [0.05, 0.1) is 0 Å². The fourth-order valence-electron chi connectivity index (χ4n) is 0. The number of carbonyl (C=O) groups excluding carboxylic acids is 1. The number of carbonyl (C=O) groups is 1. The van der Waals surface area contributed by atoms with E-state index in [1.807, 2.05) is 0 Å². The number of hydrogen-bond donors (Lipinski definition) is 0. The van der Waals surface area contributed by atoms with Gasteiger partial charge in [-0.15, -0.1) is 0 Å². The second kappa shape index (κ2) is 15.6. The quantitative estimate of drug-likeness (QED) is 0.158. The van der Waals surface area contributed by atoms with E-state index in [0.29, 0.717) is 0 Å². The Balaban J connectivity index is -0.0000000450. The Morgan fingerprint density at radius 3 is 1.83 bits per heavy atom. The van der Waals surface area contributed by atoms with Gasteiger partial charge in [0.1, 0.15) is 0 Å². The van der Waals surface area contributed by atoms with Gasteiger partial charge in [-0.25, -0.2) is 0 Å². The molecule has 6 heavy (non-hydrogen) atoms. The maximum atomic E-state index is 8.64. The van der Waals surface area contributed by atoms with E-state index < -0.39 is 0 Å². The van der Waals surface area contributed by atoms with Crippen LogP contribution in [-0.4, -0.2) is 57.9 Å². The molecular weight excluding hydrogens is 138 g/mol. The Hall–Kier alpha value is 2.70. The molecule has 0 N–H and O–H groups in total. The first-order chi connectivity index (χ1) is 1.91. The third kappa shape index (κ3) is 15.9. The zero-order valence-electron chi connectivity index (χ0n) is 2.80. The van der Waals surface area contributed by atoms with E-state index in [4.69, 9.17) is 10.1 Å². The molecule has 0 saturated carbocycles. The van der Waals surface area contributed by atoms with Crippen LogP contribution >= 0.6 is 0 Å². The first-order valence-corrected chi connectivity index (χ1v) is 0.638. The van der Waals surface area contributed by atoms with Crippen molar-refractivity contribution in [3.63, 3.8) is 0 Å². The van der Waals surface area contributed by atoms with Crippen molar-refractivity contribution >= 4 is 57.9 Å². The van der Waals surface area contributed by atoms with Crippen LogP contribution in [0.3, 0.4) is 0 Å². The predicted molar refractivity (Wildman–Crippen MR) is 14.3 cm³/mol. The van der Waals surface area contributed by atoms with Crippen molar-refractivity contribution in [3.05, 3.63) is 0 Å². The van der Waals surface area contributed by atoms with Crippen molar-refractivity contribution in [2.75, 3.05) is 0 Å². The topological polar surface area (TPSA) is 49.4 Å². The van der Waals surface area contributed by atoms with Crippen LogP contribution in [0.25, 0.3) is 0 Å². The second-order valence-electron chi connectivity index (χ2n) is 0.192. The monoisotopic (exact) mass is 140 g/mol. The van der Waals surface area contributed by atoms with Crippen molar-refractivity contribution in [2.24, 2.45) is 0 Å². The Morgan fingerprint density at radius 2 is 1.83 bits per heavy atom. The Kier molecular flexibility index (Phi) is 41.4. The van der Waals surface area contributed by atoms with Crippen LogP contribution in [-0.2, 0) is 9.68 Å². The van der Waals surface area contributed by atoms with Gasteiger partial charge in [-0.2, -0.15) is 0 Å². The summed E-state index contributed by atoms with van der Waals surface area (Å²) in [6.45, 7) is -0.181. The van der Waals surface area contributed by atoms with Gasteiger partial charge in [0.2, 0.25) is 0 Å². The molecule has 0 aromatic heterocycles. The van der Waals surface area contributed by atoms with Gasteiger partial charge in [-0.1, -0.05) is 0 Å². The van der Waals surface area contributed by atoms with E-state index in [-0.39, 0.29) is 109 Å². The maximum absolute atomic E-state index is 8.64. The first kappa shape index (κ1) is 15.9. The standard InChI is InChI=1S/CH2O3.2K.H/c2-1-4-3;;;/h1,3H;;;/q;;+1;/p-1. The molecule has 0 aliphatic rings. The number of hydrogen-bond acceptors (Lipinski definition) is 3. The van der Waals surface area contributed by atoms with Gasteiger partial charge in [0.15, 0.2) is 0 Å².